The summed E-state index contributed by atoms with van der Waals surface area (Å²) in [6.45, 7) is 13.7. The van der Waals surface area contributed by atoms with Crippen LogP contribution in [0.2, 0.25) is 0 Å². The topological polar surface area (TPSA) is 6.48 Å². The van der Waals surface area contributed by atoms with Crippen molar-refractivity contribution in [2.45, 2.75) is 58.8 Å². The van der Waals surface area contributed by atoms with Crippen molar-refractivity contribution in [2.24, 2.45) is 0 Å². The summed E-state index contributed by atoms with van der Waals surface area (Å²) >= 11 is 2.07. The zero-order valence-corrected chi connectivity index (χ0v) is 41.9. The first kappa shape index (κ1) is 42.2. The van der Waals surface area contributed by atoms with Gasteiger partial charge < -0.3 is 9.80 Å². The fourth-order valence-electron chi connectivity index (χ4n) is 12.9. The largest absolute Gasteiger partial charge is 0.311 e. The van der Waals surface area contributed by atoms with E-state index in [0.29, 0.717) is 11.8 Å². The number of hydrogen-bond donors (Lipinski definition) is 0. The Balaban J connectivity index is 1.10. The van der Waals surface area contributed by atoms with Gasteiger partial charge in [0.1, 0.15) is 0 Å². The Morgan fingerprint density at radius 1 is 0.437 bits per heavy atom. The molecule has 71 heavy (non-hydrogen) atoms. The van der Waals surface area contributed by atoms with Crippen LogP contribution in [0.4, 0.5) is 34.1 Å². The van der Waals surface area contributed by atoms with Gasteiger partial charge in [-0.1, -0.05) is 191 Å². The number of aryl methyl sites for hydroxylation is 2. The van der Waals surface area contributed by atoms with Gasteiger partial charge in [-0.15, -0.1) is 11.3 Å². The summed E-state index contributed by atoms with van der Waals surface area (Å²) in [4.78, 5) is 6.69. The first-order valence-electron chi connectivity index (χ1n) is 25.4. The minimum atomic E-state index is -0.462. The first-order valence-corrected chi connectivity index (χ1v) is 26.2. The Labute approximate surface area is 422 Å². The quantitative estimate of drug-likeness (QED) is 0.153. The molecule has 0 radical (unpaired) electrons. The molecule has 1 spiro atoms. The first-order chi connectivity index (χ1) is 34.7. The molecule has 340 valence electrons. The average molecular weight is 929 g/mol. The van der Waals surface area contributed by atoms with E-state index in [9.17, 15) is 0 Å². The molecule has 10 aromatic rings. The van der Waals surface area contributed by atoms with Crippen molar-refractivity contribution in [3.05, 3.63) is 244 Å². The highest BCUT2D eigenvalue weighted by Gasteiger charge is 2.57. The van der Waals surface area contributed by atoms with E-state index >= 15 is 0 Å². The predicted molar refractivity (Wildman–Crippen MR) is 303 cm³/mol. The highest BCUT2D eigenvalue weighted by molar-refractivity contribution is 7.30. The number of rotatable bonds is 6. The lowest BCUT2D eigenvalue weighted by Crippen LogP contribution is -2.60. The maximum absolute atomic E-state index is 2.67. The average Bonchev–Trinajstić information content (AvgIpc) is 4.03. The Bertz CT molecular complexity index is 3760. The van der Waals surface area contributed by atoms with Crippen LogP contribution in [-0.4, -0.2) is 6.71 Å². The second-order valence-electron chi connectivity index (χ2n) is 20.9. The molecule has 0 atom stereocenters. The molecule has 0 saturated heterocycles. The summed E-state index contributed by atoms with van der Waals surface area (Å²) in [5.74, 6) is 0.859. The van der Waals surface area contributed by atoms with Gasteiger partial charge in [-0.3, -0.25) is 0 Å². The molecule has 3 heterocycles. The fourth-order valence-corrected chi connectivity index (χ4v) is 14.5. The van der Waals surface area contributed by atoms with Crippen molar-refractivity contribution in [3.8, 4) is 44.5 Å². The molecule has 0 saturated carbocycles. The summed E-state index contributed by atoms with van der Waals surface area (Å²) in [7, 11) is 0. The molecule has 0 fully saturated rings. The van der Waals surface area contributed by atoms with Crippen LogP contribution in [0.25, 0.3) is 44.5 Å². The van der Waals surface area contributed by atoms with Crippen LogP contribution in [0.15, 0.2) is 200 Å². The van der Waals surface area contributed by atoms with Gasteiger partial charge in [-0.05, 0) is 151 Å². The smallest absolute Gasteiger partial charge is 0.264 e. The van der Waals surface area contributed by atoms with Crippen molar-refractivity contribution in [1.29, 1.82) is 0 Å². The monoisotopic (exact) mass is 928 g/mol. The molecule has 0 unspecified atom stereocenters. The number of anilines is 6. The predicted octanol–water partition coefficient (Wildman–Crippen LogP) is 16.4. The third kappa shape index (κ3) is 5.95. The molecule has 0 bridgehead atoms. The number of nitrogens with zero attached hydrogens (tertiary/aromatic N) is 2. The molecular weight excluding hydrogens is 876 g/mol. The minimum Gasteiger partial charge on any atom is -0.311 e. The molecule has 0 amide bonds. The third-order valence-corrected chi connectivity index (χ3v) is 17.5. The Morgan fingerprint density at radius 3 is 1.61 bits per heavy atom. The molecule has 9 aromatic carbocycles. The third-order valence-electron chi connectivity index (χ3n) is 16.1. The molecule has 4 aliphatic rings. The normalized spacial score (nSPS) is 14.1. The van der Waals surface area contributed by atoms with Crippen LogP contribution < -0.4 is 25.5 Å². The Kier molecular flexibility index (Phi) is 9.33. The standard InChI is InChI=1S/C67H53BN2S/c1-40(2)44-25-30-48(31-26-44)69-59-39-47(51-19-11-10-18-50(51)46-16-8-7-9-17-46)29-35-58(59)68-63-60(69)37-43(6)38-61(63)70(49-32-27-45(28-33-49)41(3)4)64-62-54-34-24-42(5)36-57(54)67(65(62)71-66(64)68)55-22-14-12-20-52(55)53-21-13-15-23-56(53)67/h7-41H,1-6H3. The van der Waals surface area contributed by atoms with Gasteiger partial charge in [-0.2, -0.15) is 0 Å². The maximum Gasteiger partial charge on any atom is 0.264 e. The summed E-state index contributed by atoms with van der Waals surface area (Å²) in [5.41, 5.74) is 29.3. The highest BCUT2D eigenvalue weighted by Crippen LogP contribution is 2.67. The molecular formula is C67H53BN2S. The van der Waals surface area contributed by atoms with Crippen LogP contribution in [0.3, 0.4) is 0 Å². The lowest BCUT2D eigenvalue weighted by molar-refractivity contribution is 0.810. The summed E-state index contributed by atoms with van der Waals surface area (Å²) in [6, 6.07) is 76.7. The van der Waals surface area contributed by atoms with Crippen LogP contribution in [0.5, 0.6) is 0 Å². The van der Waals surface area contributed by atoms with E-state index in [1.807, 2.05) is 0 Å². The number of hydrogen-bond acceptors (Lipinski definition) is 3. The fraction of sp³-hybridized carbons (Fsp3) is 0.134. The highest BCUT2D eigenvalue weighted by atomic mass is 32.1. The van der Waals surface area contributed by atoms with Gasteiger partial charge in [0.15, 0.2) is 0 Å². The molecule has 2 aliphatic carbocycles. The number of benzene rings is 9. The zero-order chi connectivity index (χ0) is 47.9. The van der Waals surface area contributed by atoms with Crippen molar-refractivity contribution >= 4 is 67.9 Å². The molecule has 14 rings (SSSR count). The zero-order valence-electron chi connectivity index (χ0n) is 41.1. The molecule has 2 aliphatic heterocycles. The van der Waals surface area contributed by atoms with Crippen molar-refractivity contribution < 1.29 is 0 Å². The van der Waals surface area contributed by atoms with Gasteiger partial charge in [0.2, 0.25) is 0 Å². The van der Waals surface area contributed by atoms with E-state index in [1.54, 1.807) is 0 Å². The SMILES string of the molecule is Cc1cc2c3c(c1)N(c1ccc(C(C)C)cc1)c1c(sc4c1-c1ccc(C)cc1C41c4ccccc4-c4ccccc41)B3c1ccc(-c3ccccc3-c3ccccc3)cc1N2c1ccc(C(C)C)cc1. The number of fused-ring (bicyclic) bond motifs is 15. The molecule has 1 aromatic heterocycles. The Hall–Kier alpha value is -7.66. The van der Waals surface area contributed by atoms with Crippen molar-refractivity contribution in [1.82, 2.24) is 0 Å². The van der Waals surface area contributed by atoms with Crippen LogP contribution in [0.1, 0.15) is 83.4 Å². The summed E-state index contributed by atoms with van der Waals surface area (Å²) in [5, 5.41) is 0. The minimum absolute atomic E-state index is 0.0187. The number of thiophene rings is 1. The van der Waals surface area contributed by atoms with Gasteiger partial charge in [-0.25, -0.2) is 0 Å². The van der Waals surface area contributed by atoms with Crippen molar-refractivity contribution in [2.75, 3.05) is 9.80 Å². The van der Waals surface area contributed by atoms with E-state index in [1.165, 1.54) is 138 Å². The van der Waals surface area contributed by atoms with Crippen LogP contribution in [0, 0.1) is 13.8 Å². The second-order valence-corrected chi connectivity index (χ2v) is 22.0. The molecule has 2 nitrogen and oxygen atoms in total. The summed E-state index contributed by atoms with van der Waals surface area (Å²) < 4.78 is 1.40. The van der Waals surface area contributed by atoms with E-state index in [-0.39, 0.29) is 6.71 Å². The second kappa shape index (κ2) is 15.7. The van der Waals surface area contributed by atoms with Crippen molar-refractivity contribution in [3.63, 3.8) is 0 Å². The Morgan fingerprint density at radius 2 is 0.986 bits per heavy atom. The molecule has 4 heteroatoms. The van der Waals surface area contributed by atoms with Crippen LogP contribution in [-0.2, 0) is 5.41 Å². The van der Waals surface area contributed by atoms with Crippen LogP contribution >= 0.6 is 11.3 Å². The van der Waals surface area contributed by atoms with Gasteiger partial charge in [0.05, 0.1) is 11.1 Å². The van der Waals surface area contributed by atoms with E-state index < -0.39 is 5.41 Å². The van der Waals surface area contributed by atoms with E-state index in [2.05, 4.69) is 263 Å². The van der Waals surface area contributed by atoms with Gasteiger partial charge in [0, 0.05) is 43.7 Å². The maximum atomic E-state index is 2.67. The summed E-state index contributed by atoms with van der Waals surface area (Å²) in [6.07, 6.45) is 0. The lowest BCUT2D eigenvalue weighted by atomic mass is 9.36. The molecule has 0 N–H and O–H groups in total. The van der Waals surface area contributed by atoms with Gasteiger partial charge in [0.25, 0.3) is 6.71 Å². The van der Waals surface area contributed by atoms with Gasteiger partial charge >= 0.3 is 0 Å². The van der Waals surface area contributed by atoms with E-state index in [0.717, 1.165) is 0 Å². The van der Waals surface area contributed by atoms with E-state index in [4.69, 9.17) is 0 Å². The lowest BCUT2D eigenvalue weighted by Gasteiger charge is -2.44.